The first-order valence-corrected chi connectivity index (χ1v) is 8.40. The first-order chi connectivity index (χ1) is 12.7. The molecular formula is C17H16F3N5O2. The Labute approximate surface area is 151 Å². The van der Waals surface area contributed by atoms with E-state index in [1.54, 1.807) is 26.0 Å². The Morgan fingerprint density at radius 2 is 2.07 bits per heavy atom. The number of fused-ring (bicyclic) bond motifs is 1. The molecule has 1 amide bonds. The molecule has 1 unspecified atom stereocenters. The highest BCUT2D eigenvalue weighted by molar-refractivity contribution is 6.00. The van der Waals surface area contributed by atoms with Crippen molar-refractivity contribution in [1.82, 2.24) is 25.1 Å². The minimum absolute atomic E-state index is 0.0221. The van der Waals surface area contributed by atoms with Gasteiger partial charge in [0.15, 0.2) is 11.4 Å². The third kappa shape index (κ3) is 3.26. The maximum atomic E-state index is 13.2. The molecule has 1 aliphatic rings. The number of nitrogens with one attached hydrogen (secondary N) is 1. The van der Waals surface area contributed by atoms with Crippen LogP contribution in [0, 0.1) is 19.8 Å². The van der Waals surface area contributed by atoms with E-state index in [0.29, 0.717) is 35.7 Å². The lowest BCUT2D eigenvalue weighted by Gasteiger charge is -2.20. The Morgan fingerprint density at radius 1 is 1.33 bits per heavy atom. The Morgan fingerprint density at radius 3 is 2.67 bits per heavy atom. The lowest BCUT2D eigenvalue weighted by molar-refractivity contribution is -0.158. The van der Waals surface area contributed by atoms with Crippen LogP contribution >= 0.6 is 0 Å². The molecule has 7 nitrogen and oxygen atoms in total. The maximum absolute atomic E-state index is 13.2. The summed E-state index contributed by atoms with van der Waals surface area (Å²) < 4.78 is 46.2. The fourth-order valence-electron chi connectivity index (χ4n) is 3.00. The fourth-order valence-corrected chi connectivity index (χ4v) is 3.00. The average molecular weight is 379 g/mol. The van der Waals surface area contributed by atoms with Gasteiger partial charge in [0.2, 0.25) is 0 Å². The van der Waals surface area contributed by atoms with Crippen molar-refractivity contribution in [2.24, 2.45) is 5.92 Å². The number of carbonyl (C=O) groups excluding carboxylic acids is 1. The summed E-state index contributed by atoms with van der Waals surface area (Å²) in [5, 5.41) is 9.98. The van der Waals surface area contributed by atoms with E-state index in [2.05, 4.69) is 20.6 Å². The predicted octanol–water partition coefficient (Wildman–Crippen LogP) is 3.07. The normalized spacial score (nSPS) is 15.9. The quantitative estimate of drug-likeness (QED) is 0.753. The SMILES string of the molecule is Cc1cc(-c2cc(C)n3ncc(C(=O)NC(C4CC4)C(F)(F)F)c3n2)on1. The minimum Gasteiger partial charge on any atom is -0.354 e. The number of carbonyl (C=O) groups is 1. The number of nitrogens with zero attached hydrogens (tertiary/aromatic N) is 4. The summed E-state index contributed by atoms with van der Waals surface area (Å²) in [6.07, 6.45) is -2.37. The number of halogens is 3. The summed E-state index contributed by atoms with van der Waals surface area (Å²) in [6, 6.07) is 1.52. The average Bonchev–Trinajstić information content (AvgIpc) is 3.17. The van der Waals surface area contributed by atoms with Gasteiger partial charge in [0.1, 0.15) is 17.3 Å². The molecule has 1 fully saturated rings. The Kier molecular flexibility index (Phi) is 3.93. The van der Waals surface area contributed by atoms with Crippen molar-refractivity contribution >= 4 is 11.6 Å². The summed E-state index contributed by atoms with van der Waals surface area (Å²) in [4.78, 5) is 16.9. The lowest BCUT2D eigenvalue weighted by atomic mass is 10.1. The number of hydrogen-bond acceptors (Lipinski definition) is 5. The zero-order valence-corrected chi connectivity index (χ0v) is 14.5. The fraction of sp³-hybridized carbons (Fsp3) is 0.412. The van der Waals surface area contributed by atoms with Crippen LogP contribution in [-0.2, 0) is 0 Å². The Bertz CT molecular complexity index is 1020. The van der Waals surface area contributed by atoms with E-state index in [9.17, 15) is 18.0 Å². The van der Waals surface area contributed by atoms with Gasteiger partial charge in [-0.1, -0.05) is 5.16 Å². The van der Waals surface area contributed by atoms with E-state index < -0.39 is 24.0 Å². The van der Waals surface area contributed by atoms with Crippen LogP contribution in [0.2, 0.25) is 0 Å². The van der Waals surface area contributed by atoms with Crippen LogP contribution in [0.15, 0.2) is 22.9 Å². The van der Waals surface area contributed by atoms with Gasteiger partial charge in [-0.25, -0.2) is 9.50 Å². The summed E-state index contributed by atoms with van der Waals surface area (Å²) in [5.41, 5.74) is 1.87. The molecule has 1 saturated carbocycles. The molecule has 0 saturated heterocycles. The minimum atomic E-state index is -4.49. The Hall–Kier alpha value is -2.91. The van der Waals surface area contributed by atoms with Crippen LogP contribution in [-0.4, -0.2) is 37.9 Å². The Balaban J connectivity index is 1.71. The second-order valence-electron chi connectivity index (χ2n) is 6.74. The molecule has 0 aromatic carbocycles. The molecule has 0 bridgehead atoms. The molecule has 0 aliphatic heterocycles. The van der Waals surface area contributed by atoms with E-state index in [4.69, 9.17) is 4.52 Å². The maximum Gasteiger partial charge on any atom is 0.408 e. The number of rotatable bonds is 4. The highest BCUT2D eigenvalue weighted by Gasteiger charge is 2.49. The van der Waals surface area contributed by atoms with Gasteiger partial charge in [-0.05, 0) is 38.7 Å². The van der Waals surface area contributed by atoms with Gasteiger partial charge in [-0.15, -0.1) is 0 Å². The largest absolute Gasteiger partial charge is 0.408 e. The summed E-state index contributed by atoms with van der Waals surface area (Å²) >= 11 is 0. The van der Waals surface area contributed by atoms with Crippen LogP contribution < -0.4 is 5.32 Å². The van der Waals surface area contributed by atoms with Crippen molar-refractivity contribution in [2.75, 3.05) is 0 Å². The third-order valence-corrected chi connectivity index (χ3v) is 4.51. The summed E-state index contributed by atoms with van der Waals surface area (Å²) in [6.45, 7) is 3.50. The molecule has 1 aliphatic carbocycles. The van der Waals surface area contributed by atoms with Crippen molar-refractivity contribution in [2.45, 2.75) is 38.9 Å². The first kappa shape index (κ1) is 17.5. The van der Waals surface area contributed by atoms with E-state index in [-0.39, 0.29) is 11.2 Å². The molecule has 3 heterocycles. The second-order valence-corrected chi connectivity index (χ2v) is 6.74. The highest BCUT2D eigenvalue weighted by Crippen LogP contribution is 2.40. The molecule has 3 aromatic rings. The first-order valence-electron chi connectivity index (χ1n) is 8.40. The molecule has 1 atom stereocenters. The van der Waals surface area contributed by atoms with E-state index in [1.807, 2.05) is 0 Å². The standard InChI is InChI=1S/C17H16F3N5O2/c1-8-5-13(27-24-8)12-6-9(2)25-15(22-12)11(7-21-25)16(26)23-14(10-3-4-10)17(18,19)20/h5-7,10,14H,3-4H2,1-2H3,(H,23,26). The monoisotopic (exact) mass is 379 g/mol. The lowest BCUT2D eigenvalue weighted by Crippen LogP contribution is -2.46. The number of amides is 1. The van der Waals surface area contributed by atoms with Gasteiger partial charge in [0.25, 0.3) is 5.91 Å². The van der Waals surface area contributed by atoms with Crippen LogP contribution in [0.5, 0.6) is 0 Å². The molecule has 3 aromatic heterocycles. The van der Waals surface area contributed by atoms with Crippen LogP contribution in [0.3, 0.4) is 0 Å². The van der Waals surface area contributed by atoms with Gasteiger partial charge in [-0.3, -0.25) is 4.79 Å². The van der Waals surface area contributed by atoms with E-state index in [1.165, 1.54) is 10.7 Å². The predicted molar refractivity (Wildman–Crippen MR) is 88.0 cm³/mol. The molecule has 142 valence electrons. The number of hydrogen-bond donors (Lipinski definition) is 1. The zero-order valence-electron chi connectivity index (χ0n) is 14.5. The molecule has 1 N–H and O–H groups in total. The molecule has 27 heavy (non-hydrogen) atoms. The van der Waals surface area contributed by atoms with Gasteiger partial charge in [-0.2, -0.15) is 18.3 Å². The van der Waals surface area contributed by atoms with E-state index >= 15 is 0 Å². The van der Waals surface area contributed by atoms with Crippen molar-refractivity contribution in [1.29, 1.82) is 0 Å². The van der Waals surface area contributed by atoms with Crippen molar-refractivity contribution in [3.05, 3.63) is 35.3 Å². The van der Waals surface area contributed by atoms with Crippen LogP contribution in [0.25, 0.3) is 17.1 Å². The topological polar surface area (TPSA) is 85.3 Å². The van der Waals surface area contributed by atoms with Gasteiger partial charge >= 0.3 is 6.18 Å². The van der Waals surface area contributed by atoms with E-state index in [0.717, 1.165) is 0 Å². The van der Waals surface area contributed by atoms with Gasteiger partial charge in [0, 0.05) is 11.8 Å². The molecule has 0 radical (unpaired) electrons. The summed E-state index contributed by atoms with van der Waals surface area (Å²) in [7, 11) is 0. The number of aryl methyl sites for hydroxylation is 2. The van der Waals surface area contributed by atoms with Gasteiger partial charge < -0.3 is 9.84 Å². The zero-order chi connectivity index (χ0) is 19.3. The molecule has 10 heteroatoms. The number of alkyl halides is 3. The molecule has 4 rings (SSSR count). The van der Waals surface area contributed by atoms with Crippen molar-refractivity contribution < 1.29 is 22.5 Å². The second kappa shape index (κ2) is 6.07. The summed E-state index contributed by atoms with van der Waals surface area (Å²) in [5.74, 6) is -1.02. The number of aromatic nitrogens is 4. The van der Waals surface area contributed by atoms with Crippen molar-refractivity contribution in [3.63, 3.8) is 0 Å². The smallest absolute Gasteiger partial charge is 0.354 e. The third-order valence-electron chi connectivity index (χ3n) is 4.51. The molecule has 0 spiro atoms. The van der Waals surface area contributed by atoms with Gasteiger partial charge in [0.05, 0.1) is 11.9 Å². The molecular weight excluding hydrogens is 363 g/mol. The van der Waals surface area contributed by atoms with Crippen LogP contribution in [0.4, 0.5) is 13.2 Å². The van der Waals surface area contributed by atoms with Crippen LogP contribution in [0.1, 0.15) is 34.6 Å². The highest BCUT2D eigenvalue weighted by atomic mass is 19.4. The van der Waals surface area contributed by atoms with Crippen molar-refractivity contribution in [3.8, 4) is 11.5 Å².